The molecule has 1 aromatic rings. The smallest absolute Gasteiger partial charge is 0.213 e. The minimum atomic E-state index is -0.553. The average Bonchev–Trinajstić information content (AvgIpc) is 2.67. The third kappa shape index (κ3) is 3.17. The topological polar surface area (TPSA) is 54.4 Å². The van der Waals surface area contributed by atoms with E-state index in [2.05, 4.69) is 10.3 Å². The third-order valence-electron chi connectivity index (χ3n) is 3.24. The minimum absolute atomic E-state index is 0.108. The van der Waals surface area contributed by atoms with E-state index >= 15 is 0 Å². The molecule has 0 aliphatic carbocycles. The monoisotopic (exact) mass is 236 g/mol. The number of hydrogen-bond acceptors (Lipinski definition) is 4. The molecule has 2 N–H and O–H groups in total. The number of aliphatic hydroxyl groups excluding tert-OH is 1. The predicted molar refractivity (Wildman–Crippen MR) is 66.0 cm³/mol. The molecule has 0 spiro atoms. The van der Waals surface area contributed by atoms with Crippen molar-refractivity contribution in [2.75, 3.05) is 13.7 Å². The first-order valence-corrected chi connectivity index (χ1v) is 6.23. The molecular formula is C13H20N2O2. The molecule has 17 heavy (non-hydrogen) atoms. The molecule has 2 atom stereocenters. The SMILES string of the molecule is COc1cccc(C(O)C2CCCCCN2)n1. The Hall–Kier alpha value is -1.13. The van der Waals surface area contributed by atoms with Crippen molar-refractivity contribution in [1.29, 1.82) is 0 Å². The summed E-state index contributed by atoms with van der Waals surface area (Å²) in [7, 11) is 1.59. The van der Waals surface area contributed by atoms with Gasteiger partial charge in [-0.05, 0) is 25.5 Å². The lowest BCUT2D eigenvalue weighted by Gasteiger charge is -2.22. The van der Waals surface area contributed by atoms with Gasteiger partial charge in [0.05, 0.1) is 12.8 Å². The molecule has 1 aliphatic rings. The molecule has 2 heterocycles. The van der Waals surface area contributed by atoms with E-state index in [1.807, 2.05) is 12.1 Å². The Kier molecular flexibility index (Phi) is 4.34. The number of aliphatic hydroxyl groups is 1. The number of nitrogens with zero attached hydrogens (tertiary/aromatic N) is 1. The van der Waals surface area contributed by atoms with Crippen molar-refractivity contribution >= 4 is 0 Å². The predicted octanol–water partition coefficient (Wildman–Crippen LogP) is 1.66. The van der Waals surface area contributed by atoms with Crippen molar-refractivity contribution in [3.8, 4) is 5.88 Å². The van der Waals surface area contributed by atoms with Gasteiger partial charge >= 0.3 is 0 Å². The second kappa shape index (κ2) is 5.98. The molecule has 0 aromatic carbocycles. The molecule has 1 saturated heterocycles. The molecule has 2 unspecified atom stereocenters. The lowest BCUT2D eigenvalue weighted by Crippen LogP contribution is -2.34. The van der Waals surface area contributed by atoms with Gasteiger partial charge in [-0.15, -0.1) is 0 Å². The van der Waals surface area contributed by atoms with Crippen LogP contribution >= 0.6 is 0 Å². The lowest BCUT2D eigenvalue weighted by atomic mass is 10.0. The zero-order valence-electron chi connectivity index (χ0n) is 10.2. The van der Waals surface area contributed by atoms with E-state index < -0.39 is 6.10 Å². The Balaban J connectivity index is 2.08. The molecule has 0 radical (unpaired) electrons. The van der Waals surface area contributed by atoms with Crippen LogP contribution in [0.1, 0.15) is 37.5 Å². The summed E-state index contributed by atoms with van der Waals surface area (Å²) in [5, 5.41) is 13.7. The largest absolute Gasteiger partial charge is 0.481 e. The molecule has 0 saturated carbocycles. The highest BCUT2D eigenvalue weighted by Crippen LogP contribution is 2.22. The van der Waals surface area contributed by atoms with Gasteiger partial charge in [0, 0.05) is 12.1 Å². The van der Waals surface area contributed by atoms with E-state index in [1.54, 1.807) is 13.2 Å². The first-order valence-electron chi connectivity index (χ1n) is 6.23. The Morgan fingerprint density at radius 1 is 1.41 bits per heavy atom. The van der Waals surface area contributed by atoms with Crippen molar-refractivity contribution in [2.45, 2.75) is 37.8 Å². The van der Waals surface area contributed by atoms with E-state index in [4.69, 9.17) is 4.74 Å². The highest BCUT2D eigenvalue weighted by atomic mass is 16.5. The van der Waals surface area contributed by atoms with Gasteiger partial charge in [0.1, 0.15) is 6.10 Å². The first kappa shape index (κ1) is 12.3. The van der Waals surface area contributed by atoms with E-state index in [1.165, 1.54) is 19.3 Å². The van der Waals surface area contributed by atoms with Crippen molar-refractivity contribution in [1.82, 2.24) is 10.3 Å². The molecule has 0 bridgehead atoms. The zero-order valence-corrected chi connectivity index (χ0v) is 10.2. The number of rotatable bonds is 3. The van der Waals surface area contributed by atoms with Gasteiger partial charge in [-0.25, -0.2) is 4.98 Å². The quantitative estimate of drug-likeness (QED) is 0.838. The Bertz CT molecular complexity index is 349. The standard InChI is InChI=1S/C13H20N2O2/c1-17-12-8-5-7-11(15-12)13(16)10-6-3-2-4-9-14-10/h5,7-8,10,13-14,16H,2-4,6,9H2,1H3. The first-order chi connectivity index (χ1) is 8.31. The van der Waals surface area contributed by atoms with Gasteiger partial charge in [0.15, 0.2) is 0 Å². The second-order valence-corrected chi connectivity index (χ2v) is 4.46. The summed E-state index contributed by atoms with van der Waals surface area (Å²) in [6.07, 6.45) is 4.04. The number of aromatic nitrogens is 1. The molecule has 4 heteroatoms. The summed E-state index contributed by atoms with van der Waals surface area (Å²) in [6, 6.07) is 5.61. The number of ether oxygens (including phenoxy) is 1. The fourth-order valence-corrected chi connectivity index (χ4v) is 2.24. The molecule has 4 nitrogen and oxygen atoms in total. The van der Waals surface area contributed by atoms with Crippen LogP contribution in [0.2, 0.25) is 0 Å². The summed E-state index contributed by atoms with van der Waals surface area (Å²) in [6.45, 7) is 0.978. The van der Waals surface area contributed by atoms with Gasteiger partial charge in [-0.3, -0.25) is 0 Å². The molecule has 1 aromatic heterocycles. The van der Waals surface area contributed by atoms with Crippen LogP contribution in [0.15, 0.2) is 18.2 Å². The van der Waals surface area contributed by atoms with Crippen LogP contribution in [0.5, 0.6) is 5.88 Å². The summed E-state index contributed by atoms with van der Waals surface area (Å²) >= 11 is 0. The van der Waals surface area contributed by atoms with Gasteiger partial charge in [0.25, 0.3) is 0 Å². The Labute approximate surface area is 102 Å². The zero-order chi connectivity index (χ0) is 12.1. The number of nitrogens with one attached hydrogen (secondary N) is 1. The molecule has 1 aliphatic heterocycles. The lowest BCUT2D eigenvalue weighted by molar-refractivity contribution is 0.121. The van der Waals surface area contributed by atoms with E-state index in [0.717, 1.165) is 13.0 Å². The van der Waals surface area contributed by atoms with Crippen molar-refractivity contribution in [2.24, 2.45) is 0 Å². The third-order valence-corrected chi connectivity index (χ3v) is 3.24. The van der Waals surface area contributed by atoms with Crippen LogP contribution < -0.4 is 10.1 Å². The second-order valence-electron chi connectivity index (χ2n) is 4.46. The number of hydrogen-bond donors (Lipinski definition) is 2. The fourth-order valence-electron chi connectivity index (χ4n) is 2.24. The summed E-state index contributed by atoms with van der Waals surface area (Å²) in [5.41, 5.74) is 0.684. The van der Waals surface area contributed by atoms with Crippen LogP contribution in [0.25, 0.3) is 0 Å². The maximum absolute atomic E-state index is 10.3. The highest BCUT2D eigenvalue weighted by molar-refractivity contribution is 5.18. The Morgan fingerprint density at radius 3 is 3.12 bits per heavy atom. The van der Waals surface area contributed by atoms with Crippen molar-refractivity contribution < 1.29 is 9.84 Å². The van der Waals surface area contributed by atoms with Crippen LogP contribution in [-0.2, 0) is 0 Å². The van der Waals surface area contributed by atoms with E-state index in [0.29, 0.717) is 11.6 Å². The number of pyridine rings is 1. The summed E-state index contributed by atoms with van der Waals surface area (Å²) in [5.74, 6) is 0.551. The van der Waals surface area contributed by atoms with Crippen molar-refractivity contribution in [3.05, 3.63) is 23.9 Å². The summed E-state index contributed by atoms with van der Waals surface area (Å²) < 4.78 is 5.07. The van der Waals surface area contributed by atoms with Crippen LogP contribution in [-0.4, -0.2) is 29.8 Å². The van der Waals surface area contributed by atoms with Gasteiger partial charge in [-0.2, -0.15) is 0 Å². The van der Waals surface area contributed by atoms with Crippen LogP contribution in [0.3, 0.4) is 0 Å². The van der Waals surface area contributed by atoms with Gasteiger partial charge in [0.2, 0.25) is 5.88 Å². The fraction of sp³-hybridized carbons (Fsp3) is 0.615. The maximum atomic E-state index is 10.3. The average molecular weight is 236 g/mol. The Morgan fingerprint density at radius 2 is 2.29 bits per heavy atom. The number of methoxy groups -OCH3 is 1. The van der Waals surface area contributed by atoms with E-state index in [-0.39, 0.29) is 6.04 Å². The molecule has 0 amide bonds. The van der Waals surface area contributed by atoms with Crippen molar-refractivity contribution in [3.63, 3.8) is 0 Å². The molecule has 2 rings (SSSR count). The van der Waals surface area contributed by atoms with Crippen LogP contribution in [0, 0.1) is 0 Å². The molecule has 1 fully saturated rings. The van der Waals surface area contributed by atoms with Gasteiger partial charge < -0.3 is 15.2 Å². The van der Waals surface area contributed by atoms with Gasteiger partial charge in [-0.1, -0.05) is 18.9 Å². The molecule has 94 valence electrons. The summed E-state index contributed by atoms with van der Waals surface area (Å²) in [4.78, 5) is 4.28. The minimum Gasteiger partial charge on any atom is -0.481 e. The maximum Gasteiger partial charge on any atom is 0.213 e. The van der Waals surface area contributed by atoms with Crippen LogP contribution in [0.4, 0.5) is 0 Å². The van der Waals surface area contributed by atoms with E-state index in [9.17, 15) is 5.11 Å². The normalized spacial score (nSPS) is 22.8. The molecular weight excluding hydrogens is 216 g/mol. The highest BCUT2D eigenvalue weighted by Gasteiger charge is 2.22.